The van der Waals surface area contributed by atoms with Crippen LogP contribution in [0.15, 0.2) is 59.7 Å². The lowest BCUT2D eigenvalue weighted by molar-refractivity contribution is -0.126. The van der Waals surface area contributed by atoms with Gasteiger partial charge in [-0.2, -0.15) is 5.10 Å². The SMILES string of the molecule is O=C(N/N=C\c1ccccc1)[C@H]1CC(=O)N(c2ccc(Cl)cc2)C1. The number of halogens is 1. The van der Waals surface area contributed by atoms with Crippen molar-refractivity contribution in [3.63, 3.8) is 0 Å². The number of carbonyl (C=O) groups is 2. The molecule has 2 amide bonds. The predicted molar refractivity (Wildman–Crippen MR) is 94.1 cm³/mol. The molecule has 0 bridgehead atoms. The van der Waals surface area contributed by atoms with Gasteiger partial charge in [-0.3, -0.25) is 9.59 Å². The number of hydrazone groups is 1. The first-order valence-corrected chi connectivity index (χ1v) is 7.95. The van der Waals surface area contributed by atoms with Crippen LogP contribution in [0.25, 0.3) is 0 Å². The van der Waals surface area contributed by atoms with Gasteiger partial charge in [-0.05, 0) is 29.8 Å². The Morgan fingerprint density at radius 1 is 1.17 bits per heavy atom. The molecule has 5 nitrogen and oxygen atoms in total. The van der Waals surface area contributed by atoms with Crippen molar-refractivity contribution in [1.82, 2.24) is 5.43 Å². The van der Waals surface area contributed by atoms with Gasteiger partial charge in [-0.15, -0.1) is 0 Å². The molecule has 0 aliphatic carbocycles. The molecule has 122 valence electrons. The molecule has 0 radical (unpaired) electrons. The number of amides is 2. The largest absolute Gasteiger partial charge is 0.312 e. The van der Waals surface area contributed by atoms with Gasteiger partial charge in [0.15, 0.2) is 0 Å². The summed E-state index contributed by atoms with van der Waals surface area (Å²) in [4.78, 5) is 25.9. The highest BCUT2D eigenvalue weighted by Gasteiger charge is 2.35. The van der Waals surface area contributed by atoms with Gasteiger partial charge in [0, 0.05) is 23.7 Å². The van der Waals surface area contributed by atoms with Crippen molar-refractivity contribution in [1.29, 1.82) is 0 Å². The molecule has 24 heavy (non-hydrogen) atoms. The minimum Gasteiger partial charge on any atom is -0.312 e. The van der Waals surface area contributed by atoms with Crippen molar-refractivity contribution in [2.24, 2.45) is 11.0 Å². The molecule has 1 atom stereocenters. The number of carbonyl (C=O) groups excluding carboxylic acids is 2. The maximum atomic E-state index is 12.2. The van der Waals surface area contributed by atoms with Gasteiger partial charge in [0.05, 0.1) is 12.1 Å². The number of benzene rings is 2. The standard InChI is InChI=1S/C18H16ClN3O2/c19-15-6-8-16(9-7-15)22-12-14(10-17(22)23)18(24)21-20-11-13-4-2-1-3-5-13/h1-9,11,14H,10,12H2,(H,21,24)/b20-11-/t14-/m0/s1. The van der Waals surface area contributed by atoms with Gasteiger partial charge < -0.3 is 4.90 Å². The van der Waals surface area contributed by atoms with E-state index >= 15 is 0 Å². The summed E-state index contributed by atoms with van der Waals surface area (Å²) < 4.78 is 0. The molecule has 2 aromatic carbocycles. The summed E-state index contributed by atoms with van der Waals surface area (Å²) >= 11 is 5.86. The molecule has 0 saturated carbocycles. The summed E-state index contributed by atoms with van der Waals surface area (Å²) in [5.74, 6) is -0.752. The topological polar surface area (TPSA) is 61.8 Å². The number of anilines is 1. The summed E-state index contributed by atoms with van der Waals surface area (Å²) in [7, 11) is 0. The second kappa shape index (κ2) is 7.27. The average molecular weight is 342 g/mol. The Morgan fingerprint density at radius 2 is 1.88 bits per heavy atom. The summed E-state index contributed by atoms with van der Waals surface area (Å²) in [6, 6.07) is 16.5. The van der Waals surface area contributed by atoms with Gasteiger partial charge in [0.25, 0.3) is 0 Å². The lowest BCUT2D eigenvalue weighted by Gasteiger charge is -2.16. The van der Waals surface area contributed by atoms with Crippen LogP contribution in [0.3, 0.4) is 0 Å². The lowest BCUT2D eigenvalue weighted by Crippen LogP contribution is -2.30. The van der Waals surface area contributed by atoms with Crippen LogP contribution in [0.5, 0.6) is 0 Å². The van der Waals surface area contributed by atoms with Gasteiger partial charge in [-0.25, -0.2) is 5.43 Å². The van der Waals surface area contributed by atoms with Crippen LogP contribution >= 0.6 is 11.6 Å². The normalized spacial score (nSPS) is 17.5. The molecule has 6 heteroatoms. The average Bonchev–Trinajstić information content (AvgIpc) is 2.98. The molecule has 1 saturated heterocycles. The van der Waals surface area contributed by atoms with Gasteiger partial charge in [-0.1, -0.05) is 41.9 Å². The van der Waals surface area contributed by atoms with E-state index in [0.717, 1.165) is 11.3 Å². The highest BCUT2D eigenvalue weighted by Crippen LogP contribution is 2.26. The fourth-order valence-electron chi connectivity index (χ4n) is 2.55. The predicted octanol–water partition coefficient (Wildman–Crippen LogP) is 2.84. The first-order chi connectivity index (χ1) is 11.6. The monoisotopic (exact) mass is 341 g/mol. The van der Waals surface area contributed by atoms with Crippen LogP contribution < -0.4 is 10.3 Å². The molecule has 3 rings (SSSR count). The smallest absolute Gasteiger partial charge is 0.245 e. The lowest BCUT2D eigenvalue weighted by atomic mass is 10.1. The Hall–Kier alpha value is -2.66. The third-order valence-electron chi connectivity index (χ3n) is 3.82. The van der Waals surface area contributed by atoms with Gasteiger partial charge >= 0.3 is 0 Å². The number of nitrogens with zero attached hydrogens (tertiary/aromatic N) is 2. The van der Waals surface area contributed by atoms with Crippen LogP contribution in [-0.4, -0.2) is 24.6 Å². The summed E-state index contributed by atoms with van der Waals surface area (Å²) in [6.45, 7) is 0.340. The zero-order valence-corrected chi connectivity index (χ0v) is 13.6. The van der Waals surface area contributed by atoms with Crippen LogP contribution in [0.4, 0.5) is 5.69 Å². The molecule has 1 aliphatic heterocycles. The van der Waals surface area contributed by atoms with Crippen molar-refractivity contribution in [3.8, 4) is 0 Å². The molecule has 1 heterocycles. The van der Waals surface area contributed by atoms with Crippen molar-refractivity contribution in [2.75, 3.05) is 11.4 Å². The molecule has 0 aromatic heterocycles. The molecule has 0 spiro atoms. The van der Waals surface area contributed by atoms with Crippen LogP contribution in [0, 0.1) is 5.92 Å². The maximum absolute atomic E-state index is 12.2. The van der Waals surface area contributed by atoms with E-state index in [9.17, 15) is 9.59 Å². The van der Waals surface area contributed by atoms with Crippen molar-refractivity contribution in [2.45, 2.75) is 6.42 Å². The second-order valence-electron chi connectivity index (χ2n) is 5.53. The van der Waals surface area contributed by atoms with E-state index in [4.69, 9.17) is 11.6 Å². The highest BCUT2D eigenvalue weighted by atomic mass is 35.5. The summed E-state index contributed by atoms with van der Waals surface area (Å²) in [6.07, 6.45) is 1.75. The minimum atomic E-state index is -0.416. The van der Waals surface area contributed by atoms with Crippen LogP contribution in [0.2, 0.25) is 5.02 Å². The minimum absolute atomic E-state index is 0.0792. The molecule has 1 N–H and O–H groups in total. The maximum Gasteiger partial charge on any atom is 0.245 e. The Labute approximate surface area is 144 Å². The van der Waals surface area contributed by atoms with Crippen LogP contribution in [0.1, 0.15) is 12.0 Å². The van der Waals surface area contributed by atoms with Gasteiger partial charge in [0.2, 0.25) is 11.8 Å². The number of nitrogens with one attached hydrogen (secondary N) is 1. The first-order valence-electron chi connectivity index (χ1n) is 7.57. The molecule has 1 fully saturated rings. The molecule has 0 unspecified atom stereocenters. The third-order valence-corrected chi connectivity index (χ3v) is 4.07. The van der Waals surface area contributed by atoms with Crippen LogP contribution in [-0.2, 0) is 9.59 Å². The Bertz CT molecular complexity index is 760. The van der Waals surface area contributed by atoms with Crippen molar-refractivity contribution < 1.29 is 9.59 Å². The van der Waals surface area contributed by atoms with Gasteiger partial charge in [0.1, 0.15) is 0 Å². The number of hydrogen-bond acceptors (Lipinski definition) is 3. The van der Waals surface area contributed by atoms with Crippen molar-refractivity contribution >= 4 is 35.3 Å². The molecular weight excluding hydrogens is 326 g/mol. The van der Waals surface area contributed by atoms with E-state index in [1.54, 1.807) is 35.4 Å². The molecule has 2 aromatic rings. The summed E-state index contributed by atoms with van der Waals surface area (Å²) in [5, 5.41) is 4.56. The van der Waals surface area contributed by atoms with E-state index in [2.05, 4.69) is 10.5 Å². The van der Waals surface area contributed by atoms with E-state index in [1.165, 1.54) is 0 Å². The van der Waals surface area contributed by atoms with E-state index < -0.39 is 5.92 Å². The molecule has 1 aliphatic rings. The Morgan fingerprint density at radius 3 is 2.58 bits per heavy atom. The fourth-order valence-corrected chi connectivity index (χ4v) is 2.68. The van der Waals surface area contributed by atoms with E-state index in [0.29, 0.717) is 11.6 Å². The third kappa shape index (κ3) is 3.81. The zero-order chi connectivity index (χ0) is 16.9. The van der Waals surface area contributed by atoms with E-state index in [-0.39, 0.29) is 18.2 Å². The highest BCUT2D eigenvalue weighted by molar-refractivity contribution is 6.30. The fraction of sp³-hybridized carbons (Fsp3) is 0.167. The van der Waals surface area contributed by atoms with Crippen molar-refractivity contribution in [3.05, 3.63) is 65.2 Å². The zero-order valence-electron chi connectivity index (χ0n) is 12.9. The van der Waals surface area contributed by atoms with E-state index in [1.807, 2.05) is 30.3 Å². The second-order valence-corrected chi connectivity index (χ2v) is 5.96. The Balaban J connectivity index is 1.59. The number of rotatable bonds is 4. The molecular formula is C18H16ClN3O2. The number of hydrogen-bond donors (Lipinski definition) is 1. The quantitative estimate of drug-likeness (QED) is 0.686. The summed E-state index contributed by atoms with van der Waals surface area (Å²) in [5.41, 5.74) is 4.14. The first kappa shape index (κ1) is 16.2. The Kier molecular flexibility index (Phi) is 4.91.